The van der Waals surface area contributed by atoms with Crippen LogP contribution in [0.3, 0.4) is 0 Å². The third kappa shape index (κ3) is 8.04. The van der Waals surface area contributed by atoms with Crippen molar-refractivity contribution < 1.29 is 36.3 Å². The fourth-order valence-electron chi connectivity index (χ4n) is 3.33. The van der Waals surface area contributed by atoms with Crippen molar-refractivity contribution in [2.45, 2.75) is 25.4 Å². The number of anilines is 1. The molecule has 0 aliphatic carbocycles. The molecule has 0 spiro atoms. The number of hydrogen-bond acceptors (Lipinski definition) is 4. The topological polar surface area (TPSA) is 71.5 Å². The van der Waals surface area contributed by atoms with Gasteiger partial charge in [0.15, 0.2) is 0 Å². The predicted molar refractivity (Wildman–Crippen MR) is 124 cm³/mol. The van der Waals surface area contributed by atoms with Crippen LogP contribution in [-0.4, -0.2) is 47.8 Å². The van der Waals surface area contributed by atoms with Crippen molar-refractivity contribution >= 4 is 40.2 Å². The number of nitrogens with one attached hydrogen (secondary N) is 1. The molecule has 3 rings (SSSR count). The zero-order chi connectivity index (χ0) is 26.3. The van der Waals surface area contributed by atoms with Gasteiger partial charge in [0.1, 0.15) is 24.1 Å². The molecule has 2 aromatic carbocycles. The Hall–Kier alpha value is -3.47. The molecule has 1 N–H and O–H groups in total. The third-order valence-electron chi connectivity index (χ3n) is 5.17. The number of halogens is 6. The van der Waals surface area contributed by atoms with Gasteiger partial charge < -0.3 is 9.64 Å². The molecule has 192 valence electrons. The minimum Gasteiger partial charge on any atom is -0.447 e. The zero-order valence-corrected chi connectivity index (χ0v) is 19.5. The average Bonchev–Trinajstić information content (AvgIpc) is 2.81. The number of ether oxygens (including phenoxy) is 1. The Morgan fingerprint density at radius 2 is 1.83 bits per heavy atom. The highest BCUT2D eigenvalue weighted by molar-refractivity contribution is 6.31. The summed E-state index contributed by atoms with van der Waals surface area (Å²) in [4.78, 5) is 29.6. The van der Waals surface area contributed by atoms with Crippen molar-refractivity contribution in [3.05, 3.63) is 70.9 Å². The summed E-state index contributed by atoms with van der Waals surface area (Å²) in [5, 5.41) is 3.32. The van der Waals surface area contributed by atoms with E-state index in [1.807, 2.05) is 0 Å². The van der Waals surface area contributed by atoms with E-state index in [0.29, 0.717) is 16.3 Å². The van der Waals surface area contributed by atoms with Crippen LogP contribution in [0.2, 0.25) is 5.02 Å². The molecule has 0 saturated heterocycles. The lowest BCUT2D eigenvalue weighted by atomic mass is 10.1. The summed E-state index contributed by atoms with van der Waals surface area (Å²) in [6.45, 7) is -1.32. The van der Waals surface area contributed by atoms with Crippen LogP contribution < -0.4 is 5.32 Å². The molecule has 1 heterocycles. The lowest BCUT2D eigenvalue weighted by Crippen LogP contribution is -2.37. The third-order valence-corrected chi connectivity index (χ3v) is 5.59. The van der Waals surface area contributed by atoms with Gasteiger partial charge in [0.2, 0.25) is 5.91 Å². The Morgan fingerprint density at radius 3 is 2.58 bits per heavy atom. The second-order valence-corrected chi connectivity index (χ2v) is 8.16. The van der Waals surface area contributed by atoms with Gasteiger partial charge >= 0.3 is 12.3 Å². The van der Waals surface area contributed by atoms with Crippen molar-refractivity contribution in [3.8, 4) is 0 Å². The van der Waals surface area contributed by atoms with Crippen molar-refractivity contribution in [2.24, 2.45) is 0 Å². The Kier molecular flexibility index (Phi) is 9.03. The number of nitrogens with zero attached hydrogens (tertiary/aromatic N) is 2. The van der Waals surface area contributed by atoms with Crippen LogP contribution in [-0.2, 0) is 16.0 Å². The van der Waals surface area contributed by atoms with E-state index in [1.54, 1.807) is 0 Å². The van der Waals surface area contributed by atoms with Gasteiger partial charge in [-0.2, -0.15) is 13.2 Å². The highest BCUT2D eigenvalue weighted by atomic mass is 35.5. The number of alkyl halides is 3. The first-order valence-corrected chi connectivity index (χ1v) is 11.2. The summed E-state index contributed by atoms with van der Waals surface area (Å²) in [6, 6.07) is 9.55. The van der Waals surface area contributed by atoms with Crippen LogP contribution >= 0.6 is 11.6 Å². The van der Waals surface area contributed by atoms with Crippen molar-refractivity contribution in [2.75, 3.05) is 25.0 Å². The number of pyridine rings is 1. The molecule has 12 heteroatoms. The number of aryl methyl sites for hydroxylation is 1. The molecule has 0 atom stereocenters. The lowest BCUT2D eigenvalue weighted by molar-refractivity contribution is -0.145. The van der Waals surface area contributed by atoms with Crippen LogP contribution in [0.25, 0.3) is 10.8 Å². The number of amides is 2. The molecule has 0 aliphatic heterocycles. The number of benzene rings is 2. The first-order chi connectivity index (χ1) is 17.0. The normalized spacial score (nSPS) is 11.4. The maximum Gasteiger partial charge on any atom is 0.412 e. The van der Waals surface area contributed by atoms with Crippen LogP contribution in [0.5, 0.6) is 0 Å². The summed E-state index contributed by atoms with van der Waals surface area (Å²) in [6.07, 6.45) is -5.47. The first-order valence-electron chi connectivity index (χ1n) is 10.8. The van der Waals surface area contributed by atoms with Gasteiger partial charge in [0.05, 0.1) is 18.0 Å². The van der Waals surface area contributed by atoms with Crippen LogP contribution in [0.15, 0.2) is 48.7 Å². The quantitative estimate of drug-likeness (QED) is 0.339. The van der Waals surface area contributed by atoms with Crippen molar-refractivity contribution in [3.63, 3.8) is 0 Å². The molecular formula is C24H21ClF5N3O3. The zero-order valence-electron chi connectivity index (χ0n) is 18.7. The second-order valence-electron chi connectivity index (χ2n) is 7.78. The maximum absolute atomic E-state index is 13.6. The van der Waals surface area contributed by atoms with E-state index in [-0.39, 0.29) is 30.2 Å². The van der Waals surface area contributed by atoms with Gasteiger partial charge in [0, 0.05) is 24.5 Å². The van der Waals surface area contributed by atoms with E-state index in [2.05, 4.69) is 10.3 Å². The molecule has 2 amide bonds. The maximum atomic E-state index is 13.6. The van der Waals surface area contributed by atoms with Gasteiger partial charge in [0.25, 0.3) is 0 Å². The Morgan fingerprint density at radius 1 is 1.06 bits per heavy atom. The van der Waals surface area contributed by atoms with E-state index in [0.717, 1.165) is 11.0 Å². The van der Waals surface area contributed by atoms with Crippen LogP contribution in [0, 0.1) is 11.6 Å². The highest BCUT2D eigenvalue weighted by Crippen LogP contribution is 2.23. The Labute approximate surface area is 208 Å². The molecule has 36 heavy (non-hydrogen) atoms. The van der Waals surface area contributed by atoms with Gasteiger partial charge in [-0.1, -0.05) is 23.7 Å². The summed E-state index contributed by atoms with van der Waals surface area (Å²) in [7, 11) is 0. The number of aromatic nitrogens is 1. The number of carbonyl (C=O) groups is 2. The van der Waals surface area contributed by atoms with E-state index >= 15 is 0 Å². The molecule has 0 bridgehead atoms. The first kappa shape index (κ1) is 27.1. The molecule has 0 saturated carbocycles. The van der Waals surface area contributed by atoms with Crippen LogP contribution in [0.1, 0.15) is 18.4 Å². The number of hydrogen-bond donors (Lipinski definition) is 1. The van der Waals surface area contributed by atoms with Gasteiger partial charge in [-0.05, 0) is 47.7 Å². The molecule has 0 aliphatic rings. The standard InChI is InChI=1S/C24H21ClF5N3O3/c25-22-15(2-1-3-19(22)27)5-7-21(34)33(9-8-24(28,29)30)10-11-36-23(35)32-20-13-17-12-18(26)6-4-16(17)14-31-20/h1-4,6,12-14H,5,7-11H2,(H,31,32,35). The monoisotopic (exact) mass is 529 g/mol. The smallest absolute Gasteiger partial charge is 0.412 e. The number of fused-ring (bicyclic) bond motifs is 1. The fourth-order valence-corrected chi connectivity index (χ4v) is 3.55. The van der Waals surface area contributed by atoms with E-state index in [1.165, 1.54) is 42.6 Å². The second kappa shape index (κ2) is 12.0. The molecular weight excluding hydrogens is 509 g/mol. The largest absolute Gasteiger partial charge is 0.447 e. The molecule has 6 nitrogen and oxygen atoms in total. The van der Waals surface area contributed by atoms with Gasteiger partial charge in [-0.3, -0.25) is 10.1 Å². The minimum absolute atomic E-state index is 0.0213. The van der Waals surface area contributed by atoms with Crippen LogP contribution in [0.4, 0.5) is 32.6 Å². The summed E-state index contributed by atoms with van der Waals surface area (Å²) < 4.78 is 70.2. The Balaban J connectivity index is 1.55. The SMILES string of the molecule is O=C(Nc1cc2cc(F)ccc2cn1)OCCN(CCC(F)(F)F)C(=O)CCc1cccc(F)c1Cl. The molecule has 0 fully saturated rings. The molecule has 3 aromatic rings. The highest BCUT2D eigenvalue weighted by Gasteiger charge is 2.29. The molecule has 1 aromatic heterocycles. The van der Waals surface area contributed by atoms with E-state index in [9.17, 15) is 31.5 Å². The summed E-state index contributed by atoms with van der Waals surface area (Å²) in [5.41, 5.74) is 0.346. The average molecular weight is 530 g/mol. The number of rotatable bonds is 9. The summed E-state index contributed by atoms with van der Waals surface area (Å²) >= 11 is 5.87. The summed E-state index contributed by atoms with van der Waals surface area (Å²) in [5.74, 6) is -1.69. The Bertz CT molecular complexity index is 1240. The van der Waals surface area contributed by atoms with E-state index < -0.39 is 49.4 Å². The fraction of sp³-hybridized carbons (Fsp3) is 0.292. The minimum atomic E-state index is -4.50. The van der Waals surface area contributed by atoms with Gasteiger partial charge in [-0.25, -0.2) is 18.6 Å². The predicted octanol–water partition coefficient (Wildman–Crippen LogP) is 6.13. The van der Waals surface area contributed by atoms with E-state index in [4.69, 9.17) is 16.3 Å². The molecule has 0 radical (unpaired) electrons. The van der Waals surface area contributed by atoms with Crippen molar-refractivity contribution in [1.82, 2.24) is 9.88 Å². The van der Waals surface area contributed by atoms with Gasteiger partial charge in [-0.15, -0.1) is 0 Å². The number of carbonyl (C=O) groups excluding carboxylic acids is 2. The molecule has 0 unspecified atom stereocenters. The van der Waals surface area contributed by atoms with Crippen molar-refractivity contribution in [1.29, 1.82) is 0 Å². The lowest BCUT2D eigenvalue weighted by Gasteiger charge is -2.23.